The van der Waals surface area contributed by atoms with Gasteiger partial charge in [-0.1, -0.05) is 47.7 Å². The third-order valence-electron chi connectivity index (χ3n) is 4.20. The summed E-state index contributed by atoms with van der Waals surface area (Å²) in [4.78, 5) is 12.3. The van der Waals surface area contributed by atoms with Crippen LogP contribution < -0.4 is 21.1 Å². The first-order valence-corrected chi connectivity index (χ1v) is 9.94. The molecule has 0 aliphatic rings. The maximum absolute atomic E-state index is 12.3. The van der Waals surface area contributed by atoms with Gasteiger partial charge in [0.1, 0.15) is 5.58 Å². The van der Waals surface area contributed by atoms with Crippen LogP contribution in [0.25, 0.3) is 11.0 Å². The summed E-state index contributed by atoms with van der Waals surface area (Å²) in [7, 11) is 0. The van der Waals surface area contributed by atoms with E-state index in [0.717, 1.165) is 11.1 Å². The van der Waals surface area contributed by atoms with Gasteiger partial charge in [0, 0.05) is 5.39 Å². The van der Waals surface area contributed by atoms with E-state index >= 15 is 0 Å². The standard InChI is InChI=1S/C21H18N6O2S/c1-13(17-12-15-8-6-7-11-18(15)29-20(17)28)22-26-21-27-23-14(2)19(30-21)25-24-16-9-4-3-5-10-16/h3-12,24H,1-2H3,(H,26,27)/b22-13+,25-19-. The smallest absolute Gasteiger partial charge is 0.345 e. The zero-order valence-corrected chi connectivity index (χ0v) is 17.1. The fourth-order valence-electron chi connectivity index (χ4n) is 2.63. The number of aryl methyl sites for hydroxylation is 1. The molecule has 0 bridgehead atoms. The van der Waals surface area contributed by atoms with Crippen LogP contribution in [0.4, 0.5) is 10.8 Å². The summed E-state index contributed by atoms with van der Waals surface area (Å²) in [6.07, 6.45) is 0. The summed E-state index contributed by atoms with van der Waals surface area (Å²) in [6, 6.07) is 18.7. The van der Waals surface area contributed by atoms with Crippen molar-refractivity contribution in [3.63, 3.8) is 0 Å². The second-order valence-electron chi connectivity index (χ2n) is 6.38. The Morgan fingerprint density at radius 2 is 1.80 bits per heavy atom. The molecule has 2 heterocycles. The van der Waals surface area contributed by atoms with Crippen LogP contribution in [0.1, 0.15) is 18.2 Å². The zero-order valence-electron chi connectivity index (χ0n) is 16.3. The Morgan fingerprint density at radius 1 is 1.03 bits per heavy atom. The van der Waals surface area contributed by atoms with E-state index in [1.807, 2.05) is 55.5 Å². The number of nitrogens with zero attached hydrogens (tertiary/aromatic N) is 4. The molecule has 0 unspecified atom stereocenters. The molecule has 9 heteroatoms. The molecular formula is C21H18N6O2S. The van der Waals surface area contributed by atoms with Gasteiger partial charge in [0.2, 0.25) is 5.13 Å². The largest absolute Gasteiger partial charge is 0.422 e. The molecule has 4 aromatic rings. The van der Waals surface area contributed by atoms with Gasteiger partial charge in [0.25, 0.3) is 0 Å². The van der Waals surface area contributed by atoms with Crippen molar-refractivity contribution < 1.29 is 4.42 Å². The predicted octanol–water partition coefficient (Wildman–Crippen LogP) is 3.72. The second-order valence-corrected chi connectivity index (χ2v) is 7.36. The fourth-order valence-corrected chi connectivity index (χ4v) is 3.27. The highest BCUT2D eigenvalue weighted by Crippen LogP contribution is 2.13. The van der Waals surface area contributed by atoms with Crippen molar-refractivity contribution in [1.29, 1.82) is 0 Å². The van der Waals surface area contributed by atoms with Gasteiger partial charge in [-0.25, -0.2) is 4.79 Å². The third kappa shape index (κ3) is 4.41. The molecule has 0 amide bonds. The number of hydrogen-bond donors (Lipinski definition) is 2. The first-order valence-electron chi connectivity index (χ1n) is 9.13. The summed E-state index contributed by atoms with van der Waals surface area (Å²) >= 11 is 1.29. The van der Waals surface area contributed by atoms with Crippen molar-refractivity contribution in [2.45, 2.75) is 13.8 Å². The SMILES string of the molecule is C/C(=N\Nc1nnc(C)/c(=N/Nc2ccccc2)s1)c1cc2ccccc2oc1=O. The van der Waals surface area contributed by atoms with E-state index in [1.165, 1.54) is 11.3 Å². The van der Waals surface area contributed by atoms with E-state index in [4.69, 9.17) is 4.42 Å². The van der Waals surface area contributed by atoms with Crippen molar-refractivity contribution in [2.24, 2.45) is 10.2 Å². The maximum Gasteiger partial charge on any atom is 0.345 e. The van der Waals surface area contributed by atoms with Crippen LogP contribution in [0, 0.1) is 6.92 Å². The molecule has 2 aromatic heterocycles. The number of nitrogens with one attached hydrogen (secondary N) is 2. The minimum Gasteiger partial charge on any atom is -0.422 e. The van der Waals surface area contributed by atoms with E-state index in [9.17, 15) is 4.79 Å². The molecule has 0 aliphatic heterocycles. The predicted molar refractivity (Wildman–Crippen MR) is 119 cm³/mol. The Morgan fingerprint density at radius 3 is 2.63 bits per heavy atom. The Bertz CT molecular complexity index is 1340. The number of benzene rings is 2. The molecule has 150 valence electrons. The monoisotopic (exact) mass is 418 g/mol. The van der Waals surface area contributed by atoms with Gasteiger partial charge in [-0.05, 0) is 38.1 Å². The van der Waals surface area contributed by atoms with Gasteiger partial charge < -0.3 is 4.42 Å². The molecule has 4 rings (SSSR count). The molecule has 0 radical (unpaired) electrons. The second kappa shape index (κ2) is 8.66. The van der Waals surface area contributed by atoms with Crippen molar-refractivity contribution in [3.05, 3.63) is 87.0 Å². The zero-order chi connectivity index (χ0) is 20.9. The normalized spacial score (nSPS) is 12.2. The summed E-state index contributed by atoms with van der Waals surface area (Å²) in [6.45, 7) is 3.55. The number of hydrazone groups is 1. The van der Waals surface area contributed by atoms with E-state index in [1.54, 1.807) is 19.1 Å². The van der Waals surface area contributed by atoms with Crippen molar-refractivity contribution in [3.8, 4) is 0 Å². The molecule has 0 spiro atoms. The lowest BCUT2D eigenvalue weighted by molar-refractivity contribution is 0.559. The highest BCUT2D eigenvalue weighted by Gasteiger charge is 2.08. The number of anilines is 2. The highest BCUT2D eigenvalue weighted by molar-refractivity contribution is 7.12. The Hall–Kier alpha value is -3.85. The van der Waals surface area contributed by atoms with Gasteiger partial charge in [-0.15, -0.1) is 10.2 Å². The van der Waals surface area contributed by atoms with Gasteiger partial charge >= 0.3 is 5.63 Å². The van der Waals surface area contributed by atoms with E-state index in [2.05, 4.69) is 31.3 Å². The highest BCUT2D eigenvalue weighted by atomic mass is 32.1. The molecule has 8 nitrogen and oxygen atoms in total. The van der Waals surface area contributed by atoms with Crippen molar-refractivity contribution in [2.75, 3.05) is 10.9 Å². The topological polar surface area (TPSA) is 105 Å². The molecular weight excluding hydrogens is 400 g/mol. The molecule has 2 aromatic carbocycles. The average molecular weight is 418 g/mol. The molecule has 0 atom stereocenters. The molecule has 0 saturated carbocycles. The van der Waals surface area contributed by atoms with Crippen LogP contribution >= 0.6 is 11.3 Å². The number of hydrogen-bond acceptors (Lipinski definition) is 9. The lowest BCUT2D eigenvalue weighted by Crippen LogP contribution is -2.14. The third-order valence-corrected chi connectivity index (χ3v) is 5.15. The lowest BCUT2D eigenvalue weighted by atomic mass is 10.1. The maximum atomic E-state index is 12.3. The van der Waals surface area contributed by atoms with E-state index in [-0.39, 0.29) is 0 Å². The van der Waals surface area contributed by atoms with Gasteiger partial charge in [-0.2, -0.15) is 10.2 Å². The van der Waals surface area contributed by atoms with Crippen LogP contribution in [0.2, 0.25) is 0 Å². The summed E-state index contributed by atoms with van der Waals surface area (Å²) in [5.41, 5.74) is 8.34. The quantitative estimate of drug-likeness (QED) is 0.291. The number of fused-ring (bicyclic) bond motifs is 1. The number of aromatic nitrogens is 2. The summed E-state index contributed by atoms with van der Waals surface area (Å²) < 4.78 is 6.02. The van der Waals surface area contributed by atoms with Crippen LogP contribution in [0.15, 0.2) is 80.1 Å². The van der Waals surface area contributed by atoms with E-state index in [0.29, 0.717) is 32.4 Å². The molecule has 0 aliphatic carbocycles. The van der Waals surface area contributed by atoms with Crippen LogP contribution in [-0.4, -0.2) is 15.9 Å². The molecule has 0 fully saturated rings. The van der Waals surface area contributed by atoms with Gasteiger partial charge in [0.15, 0.2) is 4.67 Å². The van der Waals surface area contributed by atoms with Gasteiger partial charge in [0.05, 0.1) is 22.7 Å². The first kappa shape index (κ1) is 19.5. The minimum absolute atomic E-state index is 0.377. The Kier molecular flexibility index (Phi) is 5.62. The Labute approximate surface area is 175 Å². The summed E-state index contributed by atoms with van der Waals surface area (Å²) in [5, 5.41) is 18.1. The first-order chi connectivity index (χ1) is 14.6. The van der Waals surface area contributed by atoms with Gasteiger partial charge in [-0.3, -0.25) is 10.9 Å². The van der Waals surface area contributed by atoms with Crippen molar-refractivity contribution in [1.82, 2.24) is 10.2 Å². The molecule has 0 saturated heterocycles. The number of para-hydroxylation sites is 2. The lowest BCUT2D eigenvalue weighted by Gasteiger charge is -2.04. The minimum atomic E-state index is -0.446. The average Bonchev–Trinajstić information content (AvgIpc) is 2.77. The molecule has 2 N–H and O–H groups in total. The fraction of sp³-hybridized carbons (Fsp3) is 0.0952. The van der Waals surface area contributed by atoms with Crippen LogP contribution in [0.3, 0.4) is 0 Å². The van der Waals surface area contributed by atoms with Crippen molar-refractivity contribution >= 4 is 38.8 Å². The molecule has 30 heavy (non-hydrogen) atoms. The van der Waals surface area contributed by atoms with Crippen LogP contribution in [0.5, 0.6) is 0 Å². The van der Waals surface area contributed by atoms with Crippen LogP contribution in [-0.2, 0) is 0 Å². The Balaban J connectivity index is 1.58. The summed E-state index contributed by atoms with van der Waals surface area (Å²) in [5.74, 6) is 0. The van der Waals surface area contributed by atoms with E-state index < -0.39 is 5.63 Å². The number of rotatable bonds is 5.